The number of nitrogens with one attached hydrogen (secondary N) is 1. The molecule has 2 aromatic heterocycles. The summed E-state index contributed by atoms with van der Waals surface area (Å²) in [6, 6.07) is 15.4. The largest absolute Gasteiger partial charge is 0.508 e. The summed E-state index contributed by atoms with van der Waals surface area (Å²) in [6.07, 6.45) is 6.63. The van der Waals surface area contributed by atoms with Crippen LogP contribution in [0.4, 0.5) is 5.82 Å². The molecule has 8 heteroatoms. The second-order valence-corrected chi connectivity index (χ2v) is 10.8. The minimum atomic E-state index is 0.222. The molecule has 0 saturated carbocycles. The molecule has 0 amide bonds. The average Bonchev–Trinajstić information content (AvgIpc) is 3.49. The highest BCUT2D eigenvalue weighted by Gasteiger charge is 2.34. The van der Waals surface area contributed by atoms with Gasteiger partial charge in [0.15, 0.2) is 0 Å². The summed E-state index contributed by atoms with van der Waals surface area (Å²) in [5.41, 5.74) is 2.46. The number of ether oxygens (including phenoxy) is 1. The van der Waals surface area contributed by atoms with Gasteiger partial charge in [0.1, 0.15) is 18.2 Å². The number of hydrogen-bond donors (Lipinski definition) is 2. The summed E-state index contributed by atoms with van der Waals surface area (Å²) >= 11 is 0. The zero-order valence-corrected chi connectivity index (χ0v) is 21.1. The lowest BCUT2D eigenvalue weighted by atomic mass is 10.0. The number of phenolic OH excluding ortho intramolecular Hbond substituents is 1. The number of rotatable bonds is 5. The van der Waals surface area contributed by atoms with Crippen molar-refractivity contribution in [2.75, 3.05) is 38.2 Å². The minimum absolute atomic E-state index is 0.222. The van der Waals surface area contributed by atoms with Crippen molar-refractivity contribution in [1.29, 1.82) is 0 Å². The number of pyridine rings is 1. The molecule has 0 aliphatic carbocycles. The molecule has 2 N–H and O–H groups in total. The van der Waals surface area contributed by atoms with Gasteiger partial charge in [-0.3, -0.25) is 4.98 Å². The smallest absolute Gasteiger partial charge is 0.319 e. The number of anilines is 1. The molecule has 0 unspecified atom stereocenters. The van der Waals surface area contributed by atoms with Gasteiger partial charge in [-0.2, -0.15) is 9.97 Å². The fraction of sp³-hybridized carbons (Fsp3) is 0.414. The van der Waals surface area contributed by atoms with Gasteiger partial charge < -0.3 is 25.0 Å². The predicted molar refractivity (Wildman–Crippen MR) is 145 cm³/mol. The van der Waals surface area contributed by atoms with E-state index in [0.717, 1.165) is 64.8 Å². The Balaban J connectivity index is 1.32. The molecule has 3 atom stereocenters. The molecule has 0 spiro atoms. The second kappa shape index (κ2) is 9.11. The van der Waals surface area contributed by atoms with Gasteiger partial charge in [0.25, 0.3) is 0 Å². The van der Waals surface area contributed by atoms with Crippen LogP contribution in [0.1, 0.15) is 25.7 Å². The Morgan fingerprint density at radius 3 is 2.68 bits per heavy atom. The van der Waals surface area contributed by atoms with Gasteiger partial charge in [0, 0.05) is 43.0 Å². The molecule has 3 fully saturated rings. The standard InChI is InChI=1S/C29H32N6O2/c1-34-10-4-6-21(34)17-37-29-32-27-13-26(24-12-22(36)11-18-5-2-3-7-23(18)24)30-14-25(27)28(33-29)35-15-19-8-9-20(16-35)31-19/h2-3,5,7,11-14,19-21,31,36H,4,6,8-10,15-17H2,1H3/t19-,20+,21-/m0/s1. The van der Waals surface area contributed by atoms with E-state index in [0.29, 0.717) is 30.7 Å². The zero-order chi connectivity index (χ0) is 24.9. The number of benzene rings is 2. The highest BCUT2D eigenvalue weighted by molar-refractivity contribution is 5.99. The van der Waals surface area contributed by atoms with E-state index in [1.807, 2.05) is 30.5 Å². The van der Waals surface area contributed by atoms with Gasteiger partial charge in [-0.05, 0) is 68.2 Å². The van der Waals surface area contributed by atoms with E-state index < -0.39 is 0 Å². The molecule has 4 aromatic rings. The van der Waals surface area contributed by atoms with Crippen molar-refractivity contribution in [3.63, 3.8) is 0 Å². The number of likely N-dealkylation sites (N-methyl/N-ethyl adjacent to an activating group) is 1. The van der Waals surface area contributed by atoms with Crippen LogP contribution in [0.25, 0.3) is 32.9 Å². The number of aromatic nitrogens is 3. The molecular weight excluding hydrogens is 464 g/mol. The van der Waals surface area contributed by atoms with Crippen LogP contribution in [0.15, 0.2) is 48.7 Å². The summed E-state index contributed by atoms with van der Waals surface area (Å²) in [5.74, 6) is 1.12. The molecule has 0 radical (unpaired) electrons. The summed E-state index contributed by atoms with van der Waals surface area (Å²) in [4.78, 5) is 19.4. The molecule has 190 valence electrons. The maximum Gasteiger partial charge on any atom is 0.319 e. The number of hydrogen-bond acceptors (Lipinski definition) is 8. The van der Waals surface area contributed by atoms with Crippen molar-refractivity contribution in [1.82, 2.24) is 25.2 Å². The lowest BCUT2D eigenvalue weighted by Crippen LogP contribution is -2.51. The molecule has 37 heavy (non-hydrogen) atoms. The van der Waals surface area contributed by atoms with Crippen molar-refractivity contribution in [2.45, 2.75) is 43.8 Å². The summed E-state index contributed by atoms with van der Waals surface area (Å²) in [6.45, 7) is 3.54. The summed E-state index contributed by atoms with van der Waals surface area (Å²) in [7, 11) is 2.15. The average molecular weight is 497 g/mol. The van der Waals surface area contributed by atoms with E-state index in [1.165, 1.54) is 19.3 Å². The maximum atomic E-state index is 10.4. The number of fused-ring (bicyclic) bond motifs is 4. The van der Waals surface area contributed by atoms with E-state index in [-0.39, 0.29) is 5.75 Å². The van der Waals surface area contributed by atoms with Gasteiger partial charge in [-0.1, -0.05) is 24.3 Å². The summed E-state index contributed by atoms with van der Waals surface area (Å²) in [5, 5.41) is 17.1. The number of phenols is 1. The van der Waals surface area contributed by atoms with Crippen molar-refractivity contribution < 1.29 is 9.84 Å². The van der Waals surface area contributed by atoms with Gasteiger partial charge in [-0.25, -0.2) is 0 Å². The summed E-state index contributed by atoms with van der Waals surface area (Å²) < 4.78 is 6.24. The van der Waals surface area contributed by atoms with Crippen LogP contribution in [0.5, 0.6) is 11.8 Å². The molecule has 2 bridgehead atoms. The maximum absolute atomic E-state index is 10.4. The Morgan fingerprint density at radius 1 is 1.03 bits per heavy atom. The van der Waals surface area contributed by atoms with Gasteiger partial charge >= 0.3 is 6.01 Å². The minimum Gasteiger partial charge on any atom is -0.508 e. The lowest BCUT2D eigenvalue weighted by molar-refractivity contribution is 0.188. The third kappa shape index (κ3) is 4.24. The second-order valence-electron chi connectivity index (χ2n) is 10.8. The molecular formula is C29H32N6O2. The first-order valence-electron chi connectivity index (χ1n) is 13.3. The molecule has 8 nitrogen and oxygen atoms in total. The van der Waals surface area contributed by atoms with E-state index in [1.54, 1.807) is 12.1 Å². The third-order valence-electron chi connectivity index (χ3n) is 8.26. The molecule has 3 aliphatic rings. The van der Waals surface area contributed by atoms with Crippen LogP contribution in [0, 0.1) is 0 Å². The first kappa shape index (κ1) is 22.7. The van der Waals surface area contributed by atoms with Crippen LogP contribution < -0.4 is 15.0 Å². The van der Waals surface area contributed by atoms with Crippen molar-refractivity contribution in [3.8, 4) is 23.0 Å². The Labute approximate surface area is 216 Å². The quantitative estimate of drug-likeness (QED) is 0.429. The first-order chi connectivity index (χ1) is 18.1. The van der Waals surface area contributed by atoms with Crippen molar-refractivity contribution >= 4 is 27.5 Å². The highest BCUT2D eigenvalue weighted by atomic mass is 16.5. The Kier molecular flexibility index (Phi) is 5.59. The molecule has 3 aliphatic heterocycles. The van der Waals surface area contributed by atoms with Crippen LogP contribution in [-0.2, 0) is 0 Å². The van der Waals surface area contributed by atoms with Gasteiger partial charge in [0.05, 0.1) is 16.6 Å². The Morgan fingerprint density at radius 2 is 1.86 bits per heavy atom. The number of likely N-dealkylation sites (tertiary alicyclic amines) is 1. The zero-order valence-electron chi connectivity index (χ0n) is 21.1. The van der Waals surface area contributed by atoms with Crippen LogP contribution >= 0.6 is 0 Å². The monoisotopic (exact) mass is 496 g/mol. The van der Waals surface area contributed by atoms with Crippen molar-refractivity contribution in [2.24, 2.45) is 0 Å². The van der Waals surface area contributed by atoms with Gasteiger partial charge in [-0.15, -0.1) is 0 Å². The number of piperazine rings is 1. The van der Waals surface area contributed by atoms with E-state index in [4.69, 9.17) is 19.7 Å². The first-order valence-corrected chi connectivity index (χ1v) is 13.3. The normalized spacial score (nSPS) is 23.8. The topological polar surface area (TPSA) is 86.6 Å². The van der Waals surface area contributed by atoms with E-state index in [9.17, 15) is 5.11 Å². The molecule has 5 heterocycles. The molecule has 3 saturated heterocycles. The fourth-order valence-corrected chi connectivity index (χ4v) is 6.28. The molecule has 7 rings (SSSR count). The fourth-order valence-electron chi connectivity index (χ4n) is 6.28. The lowest BCUT2D eigenvalue weighted by Gasteiger charge is -2.34. The Hall–Kier alpha value is -3.49. The molecule has 2 aromatic carbocycles. The van der Waals surface area contributed by atoms with Crippen LogP contribution in [-0.4, -0.2) is 76.4 Å². The number of nitrogens with zero attached hydrogens (tertiary/aromatic N) is 5. The number of aromatic hydroxyl groups is 1. The van der Waals surface area contributed by atoms with Crippen LogP contribution in [0.2, 0.25) is 0 Å². The third-order valence-corrected chi connectivity index (χ3v) is 8.26. The van der Waals surface area contributed by atoms with Gasteiger partial charge in [0.2, 0.25) is 0 Å². The van der Waals surface area contributed by atoms with Crippen LogP contribution in [0.3, 0.4) is 0 Å². The predicted octanol–water partition coefficient (Wildman–Crippen LogP) is 3.96. The van der Waals surface area contributed by atoms with E-state index >= 15 is 0 Å². The highest BCUT2D eigenvalue weighted by Crippen LogP contribution is 2.35. The van der Waals surface area contributed by atoms with E-state index in [2.05, 4.69) is 28.2 Å². The Bertz CT molecular complexity index is 1460. The van der Waals surface area contributed by atoms with Crippen molar-refractivity contribution in [3.05, 3.63) is 48.7 Å². The SMILES string of the molecule is CN1CCC[C@H]1COc1nc(N2C[C@H]3CC[C@@H](C2)N3)c2cnc(-c3cc(O)cc4ccccc34)cc2n1.